The number of hydrogen-bond donors (Lipinski definition) is 3. The molecule has 0 radical (unpaired) electrons. The van der Waals surface area contributed by atoms with Gasteiger partial charge in [-0.1, -0.05) is 35.7 Å². The highest BCUT2D eigenvalue weighted by atomic mass is 35.5. The van der Waals surface area contributed by atoms with Gasteiger partial charge >= 0.3 is 5.69 Å². The second-order valence-electron chi connectivity index (χ2n) is 9.05. The topological polar surface area (TPSA) is 104 Å². The van der Waals surface area contributed by atoms with E-state index in [4.69, 9.17) is 11.6 Å². The molecule has 0 aliphatic carbocycles. The van der Waals surface area contributed by atoms with Crippen molar-refractivity contribution in [3.63, 3.8) is 0 Å². The van der Waals surface area contributed by atoms with E-state index in [1.165, 1.54) is 4.57 Å². The summed E-state index contributed by atoms with van der Waals surface area (Å²) in [4.78, 5) is 24.0. The Morgan fingerprint density at radius 1 is 1.15 bits per heavy atom. The van der Waals surface area contributed by atoms with E-state index in [9.17, 15) is 9.90 Å². The van der Waals surface area contributed by atoms with Gasteiger partial charge in [-0.05, 0) is 54.3 Å². The quantitative estimate of drug-likeness (QED) is 0.195. The second kappa shape index (κ2) is 10.4. The molecule has 39 heavy (non-hydrogen) atoms. The third kappa shape index (κ3) is 4.92. The Bertz CT molecular complexity index is 1960. The van der Waals surface area contributed by atoms with Crippen LogP contribution < -0.4 is 5.69 Å². The lowest BCUT2D eigenvalue weighted by Gasteiger charge is -2.06. The van der Waals surface area contributed by atoms with Crippen molar-refractivity contribution in [1.82, 2.24) is 29.1 Å². The second-order valence-corrected chi connectivity index (χ2v) is 10.6. The van der Waals surface area contributed by atoms with Crippen molar-refractivity contribution in [2.45, 2.75) is 24.8 Å². The van der Waals surface area contributed by atoms with Gasteiger partial charge in [-0.25, -0.2) is 14.3 Å². The van der Waals surface area contributed by atoms with Crippen LogP contribution in [0.3, 0.4) is 0 Å². The summed E-state index contributed by atoms with van der Waals surface area (Å²) in [5.41, 5.74) is 5.36. The maximum Gasteiger partial charge on any atom is 0.328 e. The van der Waals surface area contributed by atoms with E-state index < -0.39 is 0 Å². The Labute approximate surface area is 232 Å². The number of fused-ring (bicyclic) bond motifs is 2. The highest BCUT2D eigenvalue weighted by Crippen LogP contribution is 2.28. The number of imidazole rings is 2. The summed E-state index contributed by atoms with van der Waals surface area (Å²) < 4.78 is 3.08. The molecule has 0 unspecified atom stereocenters. The number of aromatic nitrogens is 6. The summed E-state index contributed by atoms with van der Waals surface area (Å²) in [6, 6.07) is 15.5. The Kier molecular flexibility index (Phi) is 6.65. The molecule has 0 saturated heterocycles. The number of benzene rings is 2. The Balaban J connectivity index is 1.15. The number of rotatable bonds is 6. The lowest BCUT2D eigenvalue weighted by molar-refractivity contribution is 0.414. The fraction of sp³-hybridized carbons (Fsp3) is 0.138. The van der Waals surface area contributed by atoms with Crippen molar-refractivity contribution in [2.24, 2.45) is 0 Å². The third-order valence-corrected chi connectivity index (χ3v) is 7.83. The fourth-order valence-electron chi connectivity index (χ4n) is 4.48. The molecule has 0 fully saturated rings. The van der Waals surface area contributed by atoms with Crippen molar-refractivity contribution in [2.75, 3.05) is 5.75 Å². The Hall–Kier alpha value is -4.39. The molecule has 6 aromatic rings. The van der Waals surface area contributed by atoms with Gasteiger partial charge in [0.2, 0.25) is 5.88 Å². The number of H-pyrrole nitrogens is 2. The molecular weight excluding hydrogens is 532 g/mol. The minimum Gasteiger partial charge on any atom is -0.493 e. The SMILES string of the molecule is Cc1ccc(SCCn2c(O)c(Cc3c[nH]c4c(Cl)cccc34)[nH]c2=O)cc1C#Cc1cnc2cccnn12. The molecule has 2 aromatic carbocycles. The van der Waals surface area contributed by atoms with Gasteiger partial charge in [0, 0.05) is 47.0 Å². The summed E-state index contributed by atoms with van der Waals surface area (Å²) >= 11 is 7.86. The van der Waals surface area contributed by atoms with Crippen LogP contribution >= 0.6 is 23.4 Å². The number of hydrogen-bond acceptors (Lipinski definition) is 5. The van der Waals surface area contributed by atoms with Crippen molar-refractivity contribution < 1.29 is 5.11 Å². The van der Waals surface area contributed by atoms with Gasteiger partial charge in [-0.15, -0.1) is 11.8 Å². The first kappa shape index (κ1) is 24.9. The number of nitrogens with one attached hydrogen (secondary N) is 2. The average molecular weight is 555 g/mol. The number of aromatic hydroxyl groups is 1. The van der Waals surface area contributed by atoms with Gasteiger partial charge in [0.05, 0.1) is 22.4 Å². The number of halogens is 1. The van der Waals surface area contributed by atoms with E-state index in [0.29, 0.717) is 29.4 Å². The van der Waals surface area contributed by atoms with Gasteiger partial charge in [0.15, 0.2) is 5.65 Å². The minimum atomic E-state index is -0.335. The van der Waals surface area contributed by atoms with Gasteiger partial charge < -0.3 is 15.1 Å². The third-order valence-electron chi connectivity index (χ3n) is 6.54. The molecule has 4 heterocycles. The van der Waals surface area contributed by atoms with Gasteiger partial charge in [0.25, 0.3) is 0 Å². The van der Waals surface area contributed by atoms with Gasteiger partial charge in [-0.2, -0.15) is 5.10 Å². The first-order valence-electron chi connectivity index (χ1n) is 12.3. The summed E-state index contributed by atoms with van der Waals surface area (Å²) in [7, 11) is 0. The standard InChI is InChI=1S/C29H23ClN6O2S/c1-18-7-10-22(14-19(18)8-9-21-17-31-26-6-3-11-33-36(21)26)39-13-12-35-28(37)25(34-29(35)38)15-20-16-32-27-23(20)4-2-5-24(27)30/h2-7,10-11,14,16-17,32,37H,12-13,15H2,1H3,(H,34,38). The molecule has 6 rings (SSSR count). The van der Waals surface area contributed by atoms with Crippen molar-refractivity contribution >= 4 is 39.9 Å². The molecule has 0 bridgehead atoms. The summed E-state index contributed by atoms with van der Waals surface area (Å²) in [6.45, 7) is 2.37. The number of aromatic amines is 2. The first-order valence-corrected chi connectivity index (χ1v) is 13.6. The smallest absolute Gasteiger partial charge is 0.328 e. The zero-order chi connectivity index (χ0) is 26.9. The maximum absolute atomic E-state index is 12.6. The number of thioether (sulfide) groups is 1. The molecule has 0 aliphatic rings. The molecule has 4 aromatic heterocycles. The molecule has 0 atom stereocenters. The monoisotopic (exact) mass is 554 g/mol. The molecule has 0 saturated carbocycles. The van der Waals surface area contributed by atoms with Crippen LogP contribution in [0.1, 0.15) is 28.1 Å². The van der Waals surface area contributed by atoms with Crippen LogP contribution in [0.5, 0.6) is 5.88 Å². The fourth-order valence-corrected chi connectivity index (χ4v) is 5.58. The number of para-hydroxylation sites is 1. The molecule has 3 N–H and O–H groups in total. The molecule has 0 spiro atoms. The molecule has 8 nitrogen and oxygen atoms in total. The van der Waals surface area contributed by atoms with Gasteiger partial charge in [-0.3, -0.25) is 4.57 Å². The maximum atomic E-state index is 12.6. The molecule has 0 aliphatic heterocycles. The van der Waals surface area contributed by atoms with Crippen LogP contribution in [0.2, 0.25) is 5.02 Å². The summed E-state index contributed by atoms with van der Waals surface area (Å²) in [6.07, 6.45) is 5.65. The van der Waals surface area contributed by atoms with Crippen LogP contribution in [-0.2, 0) is 13.0 Å². The van der Waals surface area contributed by atoms with E-state index in [-0.39, 0.29) is 11.6 Å². The van der Waals surface area contributed by atoms with Gasteiger partial charge in [0.1, 0.15) is 5.69 Å². The predicted molar refractivity (Wildman–Crippen MR) is 154 cm³/mol. The number of aryl methyl sites for hydroxylation is 1. The number of nitrogens with zero attached hydrogens (tertiary/aromatic N) is 4. The molecular formula is C29H23ClN6O2S. The molecule has 194 valence electrons. The van der Waals surface area contributed by atoms with Crippen LogP contribution in [0.15, 0.2) is 76.8 Å². The lowest BCUT2D eigenvalue weighted by atomic mass is 10.1. The van der Waals surface area contributed by atoms with E-state index in [1.54, 1.807) is 28.7 Å². The molecule has 10 heteroatoms. The van der Waals surface area contributed by atoms with E-state index in [2.05, 4.69) is 31.9 Å². The highest BCUT2D eigenvalue weighted by Gasteiger charge is 2.16. The van der Waals surface area contributed by atoms with E-state index >= 15 is 0 Å². The van der Waals surface area contributed by atoms with Crippen LogP contribution in [0.25, 0.3) is 16.6 Å². The van der Waals surface area contributed by atoms with Crippen LogP contribution in [0, 0.1) is 18.8 Å². The first-order chi connectivity index (χ1) is 19.0. The largest absolute Gasteiger partial charge is 0.493 e. The average Bonchev–Trinajstić information content (AvgIpc) is 3.62. The van der Waals surface area contributed by atoms with Crippen LogP contribution in [-0.4, -0.2) is 40.0 Å². The van der Waals surface area contributed by atoms with Crippen LogP contribution in [0.4, 0.5) is 0 Å². The van der Waals surface area contributed by atoms with Crippen molar-refractivity contribution in [3.8, 4) is 17.7 Å². The van der Waals surface area contributed by atoms with E-state index in [0.717, 1.165) is 43.8 Å². The molecule has 0 amide bonds. The zero-order valence-corrected chi connectivity index (χ0v) is 22.5. The lowest BCUT2D eigenvalue weighted by Crippen LogP contribution is -2.17. The summed E-state index contributed by atoms with van der Waals surface area (Å²) in [5, 5.41) is 16.7. The zero-order valence-electron chi connectivity index (χ0n) is 20.9. The predicted octanol–water partition coefficient (Wildman–Crippen LogP) is 5.15. The summed E-state index contributed by atoms with van der Waals surface area (Å²) in [5.74, 6) is 6.96. The normalized spacial score (nSPS) is 11.2. The Morgan fingerprint density at radius 3 is 2.95 bits per heavy atom. The Morgan fingerprint density at radius 2 is 2.05 bits per heavy atom. The van der Waals surface area contributed by atoms with E-state index in [1.807, 2.05) is 61.7 Å². The minimum absolute atomic E-state index is 0.0471. The highest BCUT2D eigenvalue weighted by molar-refractivity contribution is 7.99. The van der Waals surface area contributed by atoms with Crippen molar-refractivity contribution in [1.29, 1.82) is 0 Å². The van der Waals surface area contributed by atoms with Crippen molar-refractivity contribution in [3.05, 3.63) is 111 Å².